The Bertz CT molecular complexity index is 756. The van der Waals surface area contributed by atoms with E-state index in [1.807, 2.05) is 17.0 Å². The molecule has 1 aromatic heterocycles. The molecule has 0 bridgehead atoms. The second-order valence-electron chi connectivity index (χ2n) is 6.40. The average Bonchev–Trinajstić information content (AvgIpc) is 3.18. The third-order valence-electron chi connectivity index (χ3n) is 5.12. The lowest BCUT2D eigenvalue weighted by atomic mass is 9.96. The van der Waals surface area contributed by atoms with E-state index in [0.717, 1.165) is 35.3 Å². The number of rotatable bonds is 2. The van der Waals surface area contributed by atoms with Crippen LogP contribution in [0, 0.1) is 5.92 Å². The number of amides is 1. The molecule has 2 aliphatic heterocycles. The number of fused-ring (bicyclic) bond motifs is 3. The molecule has 2 unspecified atom stereocenters. The first-order valence-electron chi connectivity index (χ1n) is 8.24. The van der Waals surface area contributed by atoms with Crippen LogP contribution in [0.4, 0.5) is 0 Å². The summed E-state index contributed by atoms with van der Waals surface area (Å²) in [5.41, 5.74) is 9.75. The average molecular weight is 333 g/mol. The van der Waals surface area contributed by atoms with Crippen LogP contribution < -0.4 is 10.9 Å². The first-order valence-corrected chi connectivity index (χ1v) is 8.62. The lowest BCUT2D eigenvalue weighted by Crippen LogP contribution is -2.44. The monoisotopic (exact) mass is 332 g/mol. The van der Waals surface area contributed by atoms with Crippen molar-refractivity contribution in [1.29, 1.82) is 0 Å². The van der Waals surface area contributed by atoms with Crippen LogP contribution in [-0.4, -0.2) is 34.9 Å². The Labute approximate surface area is 140 Å². The van der Waals surface area contributed by atoms with E-state index in [0.29, 0.717) is 13.1 Å². The number of benzene rings is 1. The van der Waals surface area contributed by atoms with E-state index in [4.69, 9.17) is 11.6 Å². The predicted molar refractivity (Wildman–Crippen MR) is 91.1 cm³/mol. The number of para-hydroxylation sites is 1. The zero-order valence-electron chi connectivity index (χ0n) is 13.2. The molecule has 1 fully saturated rings. The summed E-state index contributed by atoms with van der Waals surface area (Å²) >= 11 is 6.29. The van der Waals surface area contributed by atoms with E-state index in [-0.39, 0.29) is 17.9 Å². The van der Waals surface area contributed by atoms with Crippen LogP contribution in [0.2, 0.25) is 5.02 Å². The summed E-state index contributed by atoms with van der Waals surface area (Å²) in [6.45, 7) is 4.26. The zero-order valence-corrected chi connectivity index (χ0v) is 13.9. The van der Waals surface area contributed by atoms with Gasteiger partial charge in [-0.05, 0) is 12.5 Å². The standard InChI is InChI=1S/C17H21ClN4O/c1-2-14-11(8-19-21-14)17(23)22-7-6-15-12(9-22)10-4-3-5-13(18)16(10)20-15/h3-5,11,14,19-21H,2,6-9H2,1H3. The highest BCUT2D eigenvalue weighted by atomic mass is 35.5. The maximum atomic E-state index is 12.9. The summed E-state index contributed by atoms with van der Waals surface area (Å²) in [5, 5.41) is 1.88. The van der Waals surface area contributed by atoms with E-state index in [2.05, 4.69) is 28.8 Å². The quantitative estimate of drug-likeness (QED) is 0.790. The highest BCUT2D eigenvalue weighted by Gasteiger charge is 2.36. The number of hydrogen-bond acceptors (Lipinski definition) is 3. The van der Waals surface area contributed by atoms with Gasteiger partial charge in [0.1, 0.15) is 0 Å². The summed E-state index contributed by atoms with van der Waals surface area (Å²) in [4.78, 5) is 18.4. The van der Waals surface area contributed by atoms with Gasteiger partial charge in [0.05, 0.1) is 16.5 Å². The van der Waals surface area contributed by atoms with Gasteiger partial charge in [-0.2, -0.15) is 0 Å². The molecule has 1 saturated heterocycles. The van der Waals surface area contributed by atoms with Crippen molar-refractivity contribution >= 4 is 28.4 Å². The van der Waals surface area contributed by atoms with Crippen molar-refractivity contribution in [3.05, 3.63) is 34.5 Å². The van der Waals surface area contributed by atoms with Crippen molar-refractivity contribution < 1.29 is 4.79 Å². The Morgan fingerprint density at radius 3 is 3.13 bits per heavy atom. The van der Waals surface area contributed by atoms with Crippen molar-refractivity contribution in [3.63, 3.8) is 0 Å². The molecule has 0 aliphatic carbocycles. The minimum atomic E-state index is 0.0235. The Morgan fingerprint density at radius 1 is 1.43 bits per heavy atom. The molecule has 122 valence electrons. The van der Waals surface area contributed by atoms with Crippen molar-refractivity contribution in [2.45, 2.75) is 32.4 Å². The number of hydrazine groups is 1. The zero-order chi connectivity index (χ0) is 16.0. The van der Waals surface area contributed by atoms with Crippen molar-refractivity contribution in [1.82, 2.24) is 20.7 Å². The number of aromatic amines is 1. The minimum Gasteiger partial charge on any atom is -0.357 e. The van der Waals surface area contributed by atoms with Crippen LogP contribution in [-0.2, 0) is 17.8 Å². The normalized spacial score (nSPS) is 24.2. The number of aromatic nitrogens is 1. The maximum Gasteiger partial charge on any atom is 0.228 e. The third-order valence-corrected chi connectivity index (χ3v) is 5.44. The molecule has 5 nitrogen and oxygen atoms in total. The Morgan fingerprint density at radius 2 is 2.30 bits per heavy atom. The number of carbonyl (C=O) groups is 1. The second-order valence-corrected chi connectivity index (χ2v) is 6.81. The van der Waals surface area contributed by atoms with E-state index < -0.39 is 0 Å². The first kappa shape index (κ1) is 15.0. The third kappa shape index (κ3) is 2.43. The molecular formula is C17H21ClN4O. The van der Waals surface area contributed by atoms with Gasteiger partial charge in [-0.1, -0.05) is 30.7 Å². The summed E-state index contributed by atoms with van der Waals surface area (Å²) in [6.07, 6.45) is 1.81. The SMILES string of the molecule is CCC1NNCC1C(=O)N1CCc2[nH]c3c(Cl)cccc3c2C1. The molecule has 3 heterocycles. The molecule has 3 N–H and O–H groups in total. The van der Waals surface area contributed by atoms with Gasteiger partial charge in [0, 0.05) is 48.7 Å². The lowest BCUT2D eigenvalue weighted by molar-refractivity contribution is -0.136. The van der Waals surface area contributed by atoms with Gasteiger partial charge in [-0.15, -0.1) is 0 Å². The van der Waals surface area contributed by atoms with E-state index in [9.17, 15) is 4.79 Å². The summed E-state index contributed by atoms with van der Waals surface area (Å²) in [6, 6.07) is 6.17. The number of nitrogens with one attached hydrogen (secondary N) is 3. The number of nitrogens with zero attached hydrogens (tertiary/aromatic N) is 1. The fourth-order valence-electron chi connectivity index (χ4n) is 3.81. The molecule has 0 saturated carbocycles. The highest BCUT2D eigenvalue weighted by Crippen LogP contribution is 2.32. The van der Waals surface area contributed by atoms with Crippen LogP contribution in [0.15, 0.2) is 18.2 Å². The van der Waals surface area contributed by atoms with E-state index >= 15 is 0 Å². The number of hydrogen-bond donors (Lipinski definition) is 3. The molecule has 0 spiro atoms. The number of carbonyl (C=O) groups excluding carboxylic acids is 1. The van der Waals surface area contributed by atoms with Gasteiger partial charge in [0.2, 0.25) is 5.91 Å². The van der Waals surface area contributed by atoms with Gasteiger partial charge in [-0.25, -0.2) is 0 Å². The predicted octanol–water partition coefficient (Wildman–Crippen LogP) is 2.21. The smallest absolute Gasteiger partial charge is 0.228 e. The molecule has 2 aliphatic rings. The van der Waals surface area contributed by atoms with E-state index in [1.165, 1.54) is 11.3 Å². The lowest BCUT2D eigenvalue weighted by Gasteiger charge is -2.30. The summed E-state index contributed by atoms with van der Waals surface area (Å²) in [5.74, 6) is 0.270. The van der Waals surface area contributed by atoms with Crippen LogP contribution in [0.3, 0.4) is 0 Å². The van der Waals surface area contributed by atoms with Gasteiger partial charge in [0.25, 0.3) is 0 Å². The molecule has 0 radical (unpaired) electrons. The van der Waals surface area contributed by atoms with Crippen molar-refractivity contribution in [2.24, 2.45) is 5.92 Å². The maximum absolute atomic E-state index is 12.9. The van der Waals surface area contributed by atoms with Gasteiger partial charge in [-0.3, -0.25) is 15.6 Å². The Kier molecular flexibility index (Phi) is 3.79. The van der Waals surface area contributed by atoms with Crippen molar-refractivity contribution in [3.8, 4) is 0 Å². The molecule has 1 amide bonds. The number of H-pyrrole nitrogens is 1. The molecule has 4 rings (SSSR count). The van der Waals surface area contributed by atoms with Crippen molar-refractivity contribution in [2.75, 3.05) is 13.1 Å². The van der Waals surface area contributed by atoms with Gasteiger partial charge >= 0.3 is 0 Å². The second kappa shape index (κ2) is 5.82. The molecular weight excluding hydrogens is 312 g/mol. The van der Waals surface area contributed by atoms with Gasteiger partial charge < -0.3 is 9.88 Å². The fraction of sp³-hybridized carbons (Fsp3) is 0.471. The molecule has 23 heavy (non-hydrogen) atoms. The highest BCUT2D eigenvalue weighted by molar-refractivity contribution is 6.35. The minimum absolute atomic E-state index is 0.0235. The number of halogens is 1. The molecule has 2 aromatic rings. The summed E-state index contributed by atoms with van der Waals surface area (Å²) in [7, 11) is 0. The van der Waals surface area contributed by atoms with Crippen LogP contribution >= 0.6 is 11.6 Å². The first-order chi connectivity index (χ1) is 11.2. The molecule has 6 heteroatoms. The van der Waals surface area contributed by atoms with Crippen LogP contribution in [0.1, 0.15) is 24.6 Å². The van der Waals surface area contributed by atoms with Crippen LogP contribution in [0.5, 0.6) is 0 Å². The van der Waals surface area contributed by atoms with Gasteiger partial charge in [0.15, 0.2) is 0 Å². The Balaban J connectivity index is 1.62. The molecule has 1 aromatic carbocycles. The van der Waals surface area contributed by atoms with E-state index in [1.54, 1.807) is 0 Å². The topological polar surface area (TPSA) is 60.2 Å². The largest absolute Gasteiger partial charge is 0.357 e. The molecule has 2 atom stereocenters. The summed E-state index contributed by atoms with van der Waals surface area (Å²) < 4.78 is 0. The van der Waals surface area contributed by atoms with Crippen LogP contribution in [0.25, 0.3) is 10.9 Å². The Hall–Kier alpha value is -1.56. The fourth-order valence-corrected chi connectivity index (χ4v) is 4.04.